The lowest BCUT2D eigenvalue weighted by Gasteiger charge is -2.40. The van der Waals surface area contributed by atoms with Crippen LogP contribution >= 0.6 is 0 Å². The first kappa shape index (κ1) is 21.1. The van der Waals surface area contributed by atoms with Crippen molar-refractivity contribution in [2.75, 3.05) is 63.2 Å². The molecule has 2 fully saturated rings. The van der Waals surface area contributed by atoms with Crippen LogP contribution in [0, 0.1) is 11.7 Å². The van der Waals surface area contributed by atoms with E-state index in [4.69, 9.17) is 0 Å². The van der Waals surface area contributed by atoms with Gasteiger partial charge in [-0.05, 0) is 62.0 Å². The number of rotatable bonds is 3. The lowest BCUT2D eigenvalue weighted by molar-refractivity contribution is 0.148. The number of urea groups is 1. The molecular formula is C24H31FN6O. The molecule has 3 aliphatic rings. The monoisotopic (exact) mass is 438 g/mol. The van der Waals surface area contributed by atoms with Crippen LogP contribution in [0.1, 0.15) is 24.8 Å². The van der Waals surface area contributed by atoms with Crippen LogP contribution < -0.4 is 9.80 Å². The summed E-state index contributed by atoms with van der Waals surface area (Å²) in [6.45, 7) is 5.70. The molecule has 2 amide bonds. The van der Waals surface area contributed by atoms with E-state index < -0.39 is 0 Å². The molecule has 170 valence electrons. The maximum absolute atomic E-state index is 14.2. The molecule has 0 unspecified atom stereocenters. The Morgan fingerprint density at radius 1 is 1.22 bits per heavy atom. The Morgan fingerprint density at radius 2 is 2.03 bits per heavy atom. The Labute approximate surface area is 188 Å². The first-order valence-electron chi connectivity index (χ1n) is 11.5. The van der Waals surface area contributed by atoms with Gasteiger partial charge in [0.2, 0.25) is 0 Å². The van der Waals surface area contributed by atoms with Crippen LogP contribution in [0.15, 0.2) is 36.8 Å². The number of benzene rings is 1. The summed E-state index contributed by atoms with van der Waals surface area (Å²) in [4.78, 5) is 29.7. The van der Waals surface area contributed by atoms with Gasteiger partial charge >= 0.3 is 6.03 Å². The molecule has 3 aliphatic heterocycles. The van der Waals surface area contributed by atoms with Crippen LogP contribution in [0.25, 0.3) is 0 Å². The minimum atomic E-state index is -0.222. The van der Waals surface area contributed by atoms with E-state index in [-0.39, 0.29) is 17.3 Å². The van der Waals surface area contributed by atoms with Crippen molar-refractivity contribution in [3.8, 4) is 0 Å². The van der Waals surface area contributed by atoms with E-state index >= 15 is 0 Å². The molecule has 0 radical (unpaired) electrons. The van der Waals surface area contributed by atoms with Crippen LogP contribution in [0.3, 0.4) is 0 Å². The number of aromatic nitrogens is 2. The highest BCUT2D eigenvalue weighted by Crippen LogP contribution is 2.47. The Morgan fingerprint density at radius 3 is 2.75 bits per heavy atom. The van der Waals surface area contributed by atoms with E-state index in [1.54, 1.807) is 43.5 Å². The normalized spacial score (nSPS) is 22.4. The summed E-state index contributed by atoms with van der Waals surface area (Å²) < 4.78 is 14.2. The molecule has 1 aromatic heterocycles. The Bertz CT molecular complexity index is 976. The molecular weight excluding hydrogens is 407 g/mol. The second kappa shape index (κ2) is 8.31. The fourth-order valence-corrected chi connectivity index (χ4v) is 5.65. The number of hydrogen-bond donors (Lipinski definition) is 0. The third-order valence-corrected chi connectivity index (χ3v) is 7.38. The van der Waals surface area contributed by atoms with Crippen molar-refractivity contribution in [3.05, 3.63) is 48.2 Å². The van der Waals surface area contributed by atoms with Crippen LogP contribution in [0.2, 0.25) is 0 Å². The average molecular weight is 439 g/mol. The highest BCUT2D eigenvalue weighted by atomic mass is 19.1. The number of carbonyl (C=O) groups excluding carboxylic acids is 1. The Hall–Kier alpha value is -2.74. The molecule has 2 aromatic rings. The molecule has 32 heavy (non-hydrogen) atoms. The summed E-state index contributed by atoms with van der Waals surface area (Å²) in [5.41, 5.74) is 1.72. The SMILES string of the molecule is CN(C)C(=O)N1CC2(CCN(C[C@@H]3CCN(c4cnccn4)C3)CC2)c2cc(F)ccc21. The fourth-order valence-electron chi connectivity index (χ4n) is 5.65. The highest BCUT2D eigenvalue weighted by Gasteiger charge is 2.47. The van der Waals surface area contributed by atoms with Crippen molar-refractivity contribution < 1.29 is 9.18 Å². The quantitative estimate of drug-likeness (QED) is 0.738. The lowest BCUT2D eigenvalue weighted by Crippen LogP contribution is -2.48. The minimum Gasteiger partial charge on any atom is -0.355 e. The number of anilines is 2. The number of nitrogens with zero attached hydrogens (tertiary/aromatic N) is 6. The summed E-state index contributed by atoms with van der Waals surface area (Å²) in [6.07, 6.45) is 8.35. The van der Waals surface area contributed by atoms with Crippen molar-refractivity contribution in [1.29, 1.82) is 0 Å². The van der Waals surface area contributed by atoms with Crippen molar-refractivity contribution in [3.63, 3.8) is 0 Å². The zero-order chi connectivity index (χ0) is 22.3. The van der Waals surface area contributed by atoms with Gasteiger partial charge in [0.05, 0.1) is 6.20 Å². The third kappa shape index (κ3) is 3.81. The highest BCUT2D eigenvalue weighted by molar-refractivity contribution is 5.95. The fraction of sp³-hybridized carbons (Fsp3) is 0.542. The summed E-state index contributed by atoms with van der Waals surface area (Å²) in [6, 6.07) is 4.86. The number of halogens is 1. The van der Waals surface area contributed by atoms with E-state index in [9.17, 15) is 9.18 Å². The number of amides is 2. The van der Waals surface area contributed by atoms with Gasteiger partial charge in [0.25, 0.3) is 0 Å². The number of fused-ring (bicyclic) bond motifs is 2. The number of piperidine rings is 1. The maximum atomic E-state index is 14.2. The zero-order valence-corrected chi connectivity index (χ0v) is 18.9. The summed E-state index contributed by atoms with van der Waals surface area (Å²) >= 11 is 0. The molecule has 0 N–H and O–H groups in total. The van der Waals surface area contributed by atoms with E-state index in [1.807, 2.05) is 11.1 Å². The molecule has 1 atom stereocenters. The van der Waals surface area contributed by atoms with Gasteiger partial charge in [-0.15, -0.1) is 0 Å². The molecule has 0 saturated carbocycles. The molecule has 7 nitrogen and oxygen atoms in total. The number of likely N-dealkylation sites (tertiary alicyclic amines) is 1. The van der Waals surface area contributed by atoms with Gasteiger partial charge in [-0.3, -0.25) is 9.88 Å². The maximum Gasteiger partial charge on any atom is 0.323 e. The van der Waals surface area contributed by atoms with E-state index in [0.29, 0.717) is 12.5 Å². The van der Waals surface area contributed by atoms with Gasteiger partial charge in [0.15, 0.2) is 0 Å². The first-order chi connectivity index (χ1) is 15.4. The molecule has 2 saturated heterocycles. The summed E-state index contributed by atoms with van der Waals surface area (Å²) in [5.74, 6) is 1.36. The zero-order valence-electron chi connectivity index (χ0n) is 18.9. The Kier molecular flexibility index (Phi) is 5.49. The molecule has 5 rings (SSSR count). The molecule has 1 aromatic carbocycles. The van der Waals surface area contributed by atoms with Crippen LogP contribution in [-0.2, 0) is 5.41 Å². The first-order valence-corrected chi connectivity index (χ1v) is 11.5. The third-order valence-electron chi connectivity index (χ3n) is 7.38. The summed E-state index contributed by atoms with van der Waals surface area (Å²) in [5, 5.41) is 0. The lowest BCUT2D eigenvalue weighted by atomic mass is 9.74. The molecule has 1 spiro atoms. The van der Waals surface area contributed by atoms with E-state index in [0.717, 1.165) is 69.1 Å². The van der Waals surface area contributed by atoms with Gasteiger partial charge in [-0.1, -0.05) is 0 Å². The molecule has 0 bridgehead atoms. The average Bonchev–Trinajstić information content (AvgIpc) is 3.39. The van der Waals surface area contributed by atoms with Crippen molar-refractivity contribution >= 4 is 17.5 Å². The second-order valence-corrected chi connectivity index (χ2v) is 9.67. The predicted octanol–water partition coefficient (Wildman–Crippen LogP) is 2.98. The largest absolute Gasteiger partial charge is 0.355 e. The van der Waals surface area contributed by atoms with Gasteiger partial charge in [-0.25, -0.2) is 14.2 Å². The van der Waals surface area contributed by atoms with Crippen LogP contribution in [0.4, 0.5) is 20.7 Å². The smallest absolute Gasteiger partial charge is 0.323 e. The molecule has 8 heteroatoms. The van der Waals surface area contributed by atoms with Crippen molar-refractivity contribution in [2.45, 2.75) is 24.7 Å². The van der Waals surface area contributed by atoms with Crippen LogP contribution in [0.5, 0.6) is 0 Å². The summed E-state index contributed by atoms with van der Waals surface area (Å²) in [7, 11) is 3.54. The van der Waals surface area contributed by atoms with Crippen molar-refractivity contribution in [2.24, 2.45) is 5.92 Å². The standard InChI is InChI=1S/C24H31FN6O/c1-28(2)23(32)31-17-24(20-13-19(25)3-4-21(20)31)6-11-29(12-7-24)15-18-5-10-30(16-18)22-14-26-8-9-27-22/h3-4,8-9,13-14,18H,5-7,10-12,15-17H2,1-2H3/t18-/m0/s1. The van der Waals surface area contributed by atoms with Gasteiger partial charge in [0.1, 0.15) is 11.6 Å². The predicted molar refractivity (Wildman–Crippen MR) is 123 cm³/mol. The van der Waals surface area contributed by atoms with Gasteiger partial charge < -0.3 is 14.7 Å². The molecule has 4 heterocycles. The van der Waals surface area contributed by atoms with Crippen LogP contribution in [-0.4, -0.2) is 79.2 Å². The Balaban J connectivity index is 1.24. The second-order valence-electron chi connectivity index (χ2n) is 9.67. The number of hydrogen-bond acceptors (Lipinski definition) is 5. The van der Waals surface area contributed by atoms with Gasteiger partial charge in [-0.2, -0.15) is 0 Å². The minimum absolute atomic E-state index is 0.0350. The topological polar surface area (TPSA) is 55.8 Å². The van der Waals surface area contributed by atoms with Gasteiger partial charge in [0, 0.05) is 63.8 Å². The molecule has 0 aliphatic carbocycles. The number of carbonyl (C=O) groups is 1. The van der Waals surface area contributed by atoms with E-state index in [1.165, 1.54) is 6.07 Å². The van der Waals surface area contributed by atoms with E-state index in [2.05, 4.69) is 19.8 Å². The van der Waals surface area contributed by atoms with Crippen molar-refractivity contribution in [1.82, 2.24) is 19.8 Å².